The first-order valence-corrected chi connectivity index (χ1v) is 13.1. The first-order chi connectivity index (χ1) is 13.0. The molecule has 0 aliphatic heterocycles. The quantitative estimate of drug-likeness (QED) is 0.132. The van der Waals surface area contributed by atoms with Crippen LogP contribution in [0.2, 0.25) is 6.04 Å². The summed E-state index contributed by atoms with van der Waals surface area (Å²) < 4.78 is 25.1. The largest absolute Gasteiger partial charge is 0.501 e. The van der Waals surface area contributed by atoms with Gasteiger partial charge in [0.15, 0.2) is 0 Å². The summed E-state index contributed by atoms with van der Waals surface area (Å²) >= 11 is 0. The summed E-state index contributed by atoms with van der Waals surface area (Å²) in [6.07, 6.45) is 9.82. The third kappa shape index (κ3) is 14.4. The van der Waals surface area contributed by atoms with E-state index in [1.165, 1.54) is 0 Å². The summed E-state index contributed by atoms with van der Waals surface area (Å²) in [7, 11) is -2.66. The van der Waals surface area contributed by atoms with Crippen LogP contribution in [0.5, 0.6) is 0 Å². The second kappa shape index (κ2) is 17.9. The molecule has 0 saturated carbocycles. The van der Waals surface area contributed by atoms with E-state index in [0.717, 1.165) is 89.2 Å². The lowest BCUT2D eigenvalue weighted by Gasteiger charge is -2.31. The van der Waals surface area contributed by atoms with Crippen LogP contribution in [0.4, 0.5) is 0 Å². The Balaban J connectivity index is 4.99. The molecular weight excluding hydrogens is 356 g/mol. The van der Waals surface area contributed by atoms with Crippen LogP contribution in [-0.2, 0) is 18.0 Å². The molecule has 0 amide bonds. The fraction of sp³-hybridized carbons (Fsp3) is 0.909. The van der Waals surface area contributed by atoms with Gasteiger partial charge in [-0.25, -0.2) is 0 Å². The van der Waals surface area contributed by atoms with Crippen LogP contribution in [0.15, 0.2) is 12.2 Å². The van der Waals surface area contributed by atoms with Crippen LogP contribution in [0.1, 0.15) is 92.4 Å². The Morgan fingerprint density at radius 3 is 1.63 bits per heavy atom. The molecule has 0 N–H and O–H groups in total. The minimum absolute atomic E-state index is 0.220. The number of hydrogen-bond acceptors (Lipinski definition) is 4. The Morgan fingerprint density at radius 1 is 0.778 bits per heavy atom. The molecule has 0 heterocycles. The van der Waals surface area contributed by atoms with Crippen LogP contribution in [0.3, 0.4) is 0 Å². The molecule has 5 heteroatoms. The summed E-state index contributed by atoms with van der Waals surface area (Å²) in [5, 5.41) is 0. The van der Waals surface area contributed by atoms with Crippen LogP contribution >= 0.6 is 0 Å². The topological polar surface area (TPSA) is 36.9 Å². The molecule has 162 valence electrons. The molecule has 0 rings (SSSR count). The lowest BCUT2D eigenvalue weighted by atomic mass is 10.1. The SMILES string of the molecule is C=C(C)COC(CCC)CC[Si](OCCCC)(OCCCC)OCCCC. The van der Waals surface area contributed by atoms with Crippen molar-refractivity contribution in [3.05, 3.63) is 12.2 Å². The maximum Gasteiger partial charge on any atom is 0.501 e. The van der Waals surface area contributed by atoms with Crippen molar-refractivity contribution < 1.29 is 18.0 Å². The molecule has 27 heavy (non-hydrogen) atoms. The van der Waals surface area contributed by atoms with Gasteiger partial charge in [-0.2, -0.15) is 0 Å². The van der Waals surface area contributed by atoms with E-state index in [1.807, 2.05) is 6.92 Å². The van der Waals surface area contributed by atoms with E-state index >= 15 is 0 Å². The Hall–Kier alpha value is -0.203. The van der Waals surface area contributed by atoms with Gasteiger partial charge in [0, 0.05) is 25.9 Å². The zero-order valence-electron chi connectivity index (χ0n) is 18.8. The highest BCUT2D eigenvalue weighted by Gasteiger charge is 2.41. The van der Waals surface area contributed by atoms with E-state index in [9.17, 15) is 0 Å². The van der Waals surface area contributed by atoms with E-state index in [-0.39, 0.29) is 6.10 Å². The maximum atomic E-state index is 6.34. The van der Waals surface area contributed by atoms with Crippen molar-refractivity contribution in [1.82, 2.24) is 0 Å². The van der Waals surface area contributed by atoms with E-state index in [4.69, 9.17) is 18.0 Å². The summed E-state index contributed by atoms with van der Waals surface area (Å²) in [5.74, 6) is 0. The van der Waals surface area contributed by atoms with E-state index in [1.54, 1.807) is 0 Å². The molecule has 1 atom stereocenters. The fourth-order valence-electron chi connectivity index (χ4n) is 2.69. The van der Waals surface area contributed by atoms with Crippen LogP contribution in [0.25, 0.3) is 0 Å². The van der Waals surface area contributed by atoms with Gasteiger partial charge in [0.2, 0.25) is 0 Å². The molecule has 0 saturated heterocycles. The van der Waals surface area contributed by atoms with Crippen molar-refractivity contribution in [2.45, 2.75) is 105 Å². The van der Waals surface area contributed by atoms with Crippen LogP contribution in [0, 0.1) is 0 Å². The molecule has 0 spiro atoms. The van der Waals surface area contributed by atoms with Crippen molar-refractivity contribution >= 4 is 8.80 Å². The lowest BCUT2D eigenvalue weighted by Crippen LogP contribution is -2.47. The number of hydrogen-bond donors (Lipinski definition) is 0. The summed E-state index contributed by atoms with van der Waals surface area (Å²) in [5.41, 5.74) is 1.07. The molecule has 0 aromatic heterocycles. The first-order valence-electron chi connectivity index (χ1n) is 11.2. The molecule has 1 unspecified atom stereocenters. The maximum absolute atomic E-state index is 6.34. The molecule has 0 bridgehead atoms. The normalized spacial score (nSPS) is 13.1. The average Bonchev–Trinajstić information content (AvgIpc) is 2.64. The van der Waals surface area contributed by atoms with Gasteiger partial charge in [0.05, 0.1) is 12.7 Å². The van der Waals surface area contributed by atoms with Crippen molar-refractivity contribution in [3.63, 3.8) is 0 Å². The number of ether oxygens (including phenoxy) is 1. The highest BCUT2D eigenvalue weighted by Crippen LogP contribution is 2.24. The van der Waals surface area contributed by atoms with E-state index in [0.29, 0.717) is 6.61 Å². The van der Waals surface area contributed by atoms with Gasteiger partial charge in [0.1, 0.15) is 0 Å². The summed E-state index contributed by atoms with van der Waals surface area (Å²) in [4.78, 5) is 0. The zero-order chi connectivity index (χ0) is 20.4. The number of rotatable bonds is 20. The number of unbranched alkanes of at least 4 members (excludes halogenated alkanes) is 3. The lowest BCUT2D eigenvalue weighted by molar-refractivity contribution is 0.0360. The zero-order valence-corrected chi connectivity index (χ0v) is 19.8. The molecule has 0 radical (unpaired) electrons. The van der Waals surface area contributed by atoms with Gasteiger partial charge < -0.3 is 18.0 Å². The predicted octanol–water partition coefficient (Wildman–Crippen LogP) is 6.53. The van der Waals surface area contributed by atoms with Crippen LogP contribution < -0.4 is 0 Å². The van der Waals surface area contributed by atoms with Gasteiger partial charge in [-0.3, -0.25) is 0 Å². The third-order valence-corrected chi connectivity index (χ3v) is 7.24. The Morgan fingerprint density at radius 2 is 1.26 bits per heavy atom. The van der Waals surface area contributed by atoms with Gasteiger partial charge in [0.25, 0.3) is 0 Å². The first kappa shape index (κ1) is 26.8. The third-order valence-electron chi connectivity index (χ3n) is 4.41. The monoisotopic (exact) mass is 402 g/mol. The Kier molecular flexibility index (Phi) is 17.7. The van der Waals surface area contributed by atoms with Crippen molar-refractivity contribution in [2.24, 2.45) is 0 Å². The van der Waals surface area contributed by atoms with E-state index < -0.39 is 8.80 Å². The standard InChI is InChI=1S/C22H46O4Si/c1-7-11-16-24-27(25-17-12-8-2,26-18-13-9-3)19-15-22(14-10-4)23-20-21(5)6/h22H,5,7-20H2,1-4,6H3. The smallest absolute Gasteiger partial charge is 0.374 e. The van der Waals surface area contributed by atoms with Crippen LogP contribution in [-0.4, -0.2) is 41.3 Å². The summed E-state index contributed by atoms with van der Waals surface area (Å²) in [6.45, 7) is 17.5. The molecule has 0 fully saturated rings. The highest BCUT2D eigenvalue weighted by molar-refractivity contribution is 6.60. The molecule has 0 aromatic rings. The second-order valence-electron chi connectivity index (χ2n) is 7.51. The van der Waals surface area contributed by atoms with Gasteiger partial charge in [-0.05, 0) is 39.0 Å². The van der Waals surface area contributed by atoms with Crippen molar-refractivity contribution in [2.75, 3.05) is 26.4 Å². The molecule has 0 aliphatic carbocycles. The van der Waals surface area contributed by atoms with Gasteiger partial charge in [-0.15, -0.1) is 0 Å². The van der Waals surface area contributed by atoms with E-state index in [2.05, 4.69) is 34.3 Å². The Bertz CT molecular complexity index is 323. The predicted molar refractivity (Wildman–Crippen MR) is 117 cm³/mol. The summed E-state index contributed by atoms with van der Waals surface area (Å²) in [6, 6.07) is 0.838. The van der Waals surface area contributed by atoms with Gasteiger partial charge in [-0.1, -0.05) is 65.5 Å². The molecular formula is C22H46O4Si. The minimum atomic E-state index is -2.66. The van der Waals surface area contributed by atoms with Crippen molar-refractivity contribution in [1.29, 1.82) is 0 Å². The van der Waals surface area contributed by atoms with Gasteiger partial charge >= 0.3 is 8.80 Å². The average molecular weight is 403 g/mol. The molecule has 0 aliphatic rings. The fourth-order valence-corrected chi connectivity index (χ4v) is 5.41. The van der Waals surface area contributed by atoms with Crippen molar-refractivity contribution in [3.8, 4) is 0 Å². The highest BCUT2D eigenvalue weighted by atomic mass is 28.4. The Labute approximate surface area is 170 Å². The molecule has 4 nitrogen and oxygen atoms in total. The minimum Gasteiger partial charge on any atom is -0.374 e. The molecule has 0 aromatic carbocycles. The second-order valence-corrected chi connectivity index (χ2v) is 10.2.